The van der Waals surface area contributed by atoms with Crippen molar-refractivity contribution in [1.82, 2.24) is 25.5 Å². The minimum absolute atomic E-state index is 0.00671. The van der Waals surface area contributed by atoms with E-state index in [0.29, 0.717) is 12.4 Å². The highest BCUT2D eigenvalue weighted by Gasteiger charge is 2.15. The lowest BCUT2D eigenvalue weighted by Crippen LogP contribution is -2.31. The molecule has 0 saturated carbocycles. The van der Waals surface area contributed by atoms with Crippen LogP contribution in [0, 0.1) is 0 Å². The second kappa shape index (κ2) is 8.51. The zero-order chi connectivity index (χ0) is 16.6. The number of para-hydroxylation sites is 1. The highest BCUT2D eigenvalue weighted by Crippen LogP contribution is 2.12. The molecule has 8 nitrogen and oxygen atoms in total. The van der Waals surface area contributed by atoms with Gasteiger partial charge >= 0.3 is 0 Å². The number of benzene rings is 1. The summed E-state index contributed by atoms with van der Waals surface area (Å²) in [5.74, 6) is 0.360. The van der Waals surface area contributed by atoms with Gasteiger partial charge in [-0.3, -0.25) is 4.79 Å². The first-order chi connectivity index (χ1) is 11.8. The Morgan fingerprint density at radius 1 is 1.33 bits per heavy atom. The maximum Gasteiger partial charge on any atom is 0.246 e. The predicted octanol–water partition coefficient (Wildman–Crippen LogP) is 0.864. The molecule has 2 heterocycles. The molecule has 1 aromatic heterocycles. The van der Waals surface area contributed by atoms with E-state index < -0.39 is 0 Å². The van der Waals surface area contributed by atoms with Gasteiger partial charge in [0.2, 0.25) is 5.91 Å². The molecule has 1 atom stereocenters. The quantitative estimate of drug-likeness (QED) is 0.809. The highest BCUT2D eigenvalue weighted by molar-refractivity contribution is 5.77. The van der Waals surface area contributed by atoms with Gasteiger partial charge in [0.15, 0.2) is 5.82 Å². The predicted molar refractivity (Wildman–Crippen MR) is 85.4 cm³/mol. The number of aromatic nitrogens is 4. The Labute approximate surface area is 140 Å². The molecule has 0 unspecified atom stereocenters. The first-order valence-electron chi connectivity index (χ1n) is 8.11. The Morgan fingerprint density at radius 3 is 3.00 bits per heavy atom. The number of amides is 1. The van der Waals surface area contributed by atoms with Crippen LogP contribution in [0.15, 0.2) is 30.3 Å². The van der Waals surface area contributed by atoms with Gasteiger partial charge in [0, 0.05) is 6.61 Å². The molecule has 1 aromatic carbocycles. The third-order valence-corrected chi connectivity index (χ3v) is 3.79. The number of rotatable bonds is 7. The second-order valence-corrected chi connectivity index (χ2v) is 5.62. The van der Waals surface area contributed by atoms with Crippen molar-refractivity contribution < 1.29 is 14.3 Å². The molecule has 128 valence electrons. The summed E-state index contributed by atoms with van der Waals surface area (Å²) in [4.78, 5) is 11.9. The van der Waals surface area contributed by atoms with Gasteiger partial charge < -0.3 is 14.8 Å². The van der Waals surface area contributed by atoms with Gasteiger partial charge in [0.1, 0.15) is 6.61 Å². The Kier molecular flexibility index (Phi) is 5.86. The fourth-order valence-corrected chi connectivity index (χ4v) is 2.54. The SMILES string of the molecule is O=C(COC[C@@H]1CCCCO1)NCc1nnnn1-c1ccccc1. The molecule has 24 heavy (non-hydrogen) atoms. The van der Waals surface area contributed by atoms with Crippen LogP contribution in [0.3, 0.4) is 0 Å². The number of carbonyl (C=O) groups excluding carboxylic acids is 1. The summed E-state index contributed by atoms with van der Waals surface area (Å²) in [5.41, 5.74) is 0.845. The molecular formula is C16H21N5O3. The molecule has 1 aliphatic rings. The van der Waals surface area contributed by atoms with Gasteiger partial charge in [-0.05, 0) is 41.8 Å². The summed E-state index contributed by atoms with van der Waals surface area (Å²) in [7, 11) is 0. The largest absolute Gasteiger partial charge is 0.376 e. The first-order valence-corrected chi connectivity index (χ1v) is 8.11. The van der Waals surface area contributed by atoms with Crippen molar-refractivity contribution in [1.29, 1.82) is 0 Å². The zero-order valence-corrected chi connectivity index (χ0v) is 13.4. The third-order valence-electron chi connectivity index (χ3n) is 3.79. The van der Waals surface area contributed by atoms with Crippen LogP contribution in [0.5, 0.6) is 0 Å². The molecule has 1 N–H and O–H groups in total. The van der Waals surface area contributed by atoms with Crippen molar-refractivity contribution in [2.75, 3.05) is 19.8 Å². The van der Waals surface area contributed by atoms with E-state index in [-0.39, 0.29) is 25.2 Å². The Morgan fingerprint density at radius 2 is 2.21 bits per heavy atom. The molecule has 0 bridgehead atoms. The average Bonchev–Trinajstić information content (AvgIpc) is 3.10. The molecule has 0 radical (unpaired) electrons. The van der Waals surface area contributed by atoms with Crippen molar-refractivity contribution in [3.8, 4) is 5.69 Å². The monoisotopic (exact) mass is 331 g/mol. The Hall–Kier alpha value is -2.32. The number of hydrogen-bond donors (Lipinski definition) is 1. The molecule has 1 saturated heterocycles. The molecule has 1 amide bonds. The van der Waals surface area contributed by atoms with E-state index in [1.807, 2.05) is 30.3 Å². The van der Waals surface area contributed by atoms with Gasteiger partial charge in [0.05, 0.1) is 24.9 Å². The number of nitrogens with one attached hydrogen (secondary N) is 1. The van der Waals surface area contributed by atoms with Crippen LogP contribution in [0.2, 0.25) is 0 Å². The smallest absolute Gasteiger partial charge is 0.246 e. The minimum atomic E-state index is -0.201. The van der Waals surface area contributed by atoms with E-state index in [1.54, 1.807) is 4.68 Å². The molecule has 1 fully saturated rings. The van der Waals surface area contributed by atoms with E-state index >= 15 is 0 Å². The minimum Gasteiger partial charge on any atom is -0.376 e. The summed E-state index contributed by atoms with van der Waals surface area (Å²) in [5, 5.41) is 14.3. The zero-order valence-electron chi connectivity index (χ0n) is 13.4. The number of nitrogens with zero attached hydrogens (tertiary/aromatic N) is 4. The van der Waals surface area contributed by atoms with Gasteiger partial charge in [-0.2, -0.15) is 4.68 Å². The van der Waals surface area contributed by atoms with Crippen LogP contribution in [0.4, 0.5) is 0 Å². The van der Waals surface area contributed by atoms with Crippen LogP contribution >= 0.6 is 0 Å². The van der Waals surface area contributed by atoms with Crippen molar-refractivity contribution in [3.05, 3.63) is 36.2 Å². The van der Waals surface area contributed by atoms with Crippen LogP contribution in [0.1, 0.15) is 25.1 Å². The first kappa shape index (κ1) is 16.5. The maximum absolute atomic E-state index is 11.9. The molecule has 2 aromatic rings. The fraction of sp³-hybridized carbons (Fsp3) is 0.500. The fourth-order valence-electron chi connectivity index (χ4n) is 2.54. The van der Waals surface area contributed by atoms with E-state index in [1.165, 1.54) is 0 Å². The van der Waals surface area contributed by atoms with Gasteiger partial charge in [-0.25, -0.2) is 0 Å². The average molecular weight is 331 g/mol. The van der Waals surface area contributed by atoms with Crippen LogP contribution in [-0.2, 0) is 20.8 Å². The molecule has 0 aliphatic carbocycles. The van der Waals surface area contributed by atoms with Gasteiger partial charge in [-0.15, -0.1) is 5.10 Å². The second-order valence-electron chi connectivity index (χ2n) is 5.62. The summed E-state index contributed by atoms with van der Waals surface area (Å²) < 4.78 is 12.6. The van der Waals surface area contributed by atoms with Crippen molar-refractivity contribution in [3.63, 3.8) is 0 Å². The standard InChI is InChI=1S/C16H21N5O3/c22-16(12-23-11-14-8-4-5-9-24-14)17-10-15-18-19-20-21(15)13-6-2-1-3-7-13/h1-3,6-7,14H,4-5,8-12H2,(H,17,22)/t14-/m0/s1. The van der Waals surface area contributed by atoms with Crippen LogP contribution in [0.25, 0.3) is 5.69 Å². The molecule has 0 spiro atoms. The van der Waals surface area contributed by atoms with Crippen molar-refractivity contribution in [2.45, 2.75) is 31.9 Å². The normalized spacial score (nSPS) is 17.6. The number of hydrogen-bond acceptors (Lipinski definition) is 6. The van der Waals surface area contributed by atoms with Crippen LogP contribution < -0.4 is 5.32 Å². The lowest BCUT2D eigenvalue weighted by atomic mass is 10.1. The van der Waals surface area contributed by atoms with E-state index in [2.05, 4.69) is 20.8 Å². The highest BCUT2D eigenvalue weighted by atomic mass is 16.5. The summed E-state index contributed by atoms with van der Waals surface area (Å²) >= 11 is 0. The Bertz CT molecular complexity index is 640. The van der Waals surface area contributed by atoms with Gasteiger partial charge in [0.25, 0.3) is 0 Å². The maximum atomic E-state index is 11.9. The van der Waals surface area contributed by atoms with E-state index in [0.717, 1.165) is 31.6 Å². The van der Waals surface area contributed by atoms with Crippen LogP contribution in [-0.4, -0.2) is 52.0 Å². The summed E-state index contributed by atoms with van der Waals surface area (Å²) in [6.45, 7) is 1.48. The molecule has 1 aliphatic heterocycles. The third kappa shape index (κ3) is 4.59. The number of tetrazole rings is 1. The van der Waals surface area contributed by atoms with E-state index in [9.17, 15) is 4.79 Å². The summed E-state index contributed by atoms with van der Waals surface area (Å²) in [6.07, 6.45) is 3.36. The van der Waals surface area contributed by atoms with Crippen molar-refractivity contribution in [2.24, 2.45) is 0 Å². The van der Waals surface area contributed by atoms with E-state index in [4.69, 9.17) is 9.47 Å². The Balaban J connectivity index is 1.43. The summed E-state index contributed by atoms with van der Waals surface area (Å²) in [6, 6.07) is 9.52. The topological polar surface area (TPSA) is 91.2 Å². The van der Waals surface area contributed by atoms with Gasteiger partial charge in [-0.1, -0.05) is 18.2 Å². The number of ether oxygens (including phenoxy) is 2. The molecule has 8 heteroatoms. The number of carbonyl (C=O) groups is 1. The van der Waals surface area contributed by atoms with Crippen molar-refractivity contribution >= 4 is 5.91 Å². The lowest BCUT2D eigenvalue weighted by molar-refractivity contribution is -0.128. The molecule has 3 rings (SSSR count). The molecular weight excluding hydrogens is 310 g/mol. The lowest BCUT2D eigenvalue weighted by Gasteiger charge is -2.22.